The second-order valence-electron chi connectivity index (χ2n) is 7.30. The highest BCUT2D eigenvalue weighted by molar-refractivity contribution is 7.99. The van der Waals surface area contributed by atoms with Crippen molar-refractivity contribution >= 4 is 23.4 Å². The number of H-pyrrole nitrogens is 1. The SMILES string of the molecule is CN(Cc1ccc(N(C)C)cc1)C(=O)CSc1n[nH]c(=O)n1CCc1ccccc1. The van der Waals surface area contributed by atoms with Gasteiger partial charge < -0.3 is 9.80 Å². The summed E-state index contributed by atoms with van der Waals surface area (Å²) in [6, 6.07) is 18.1. The van der Waals surface area contributed by atoms with E-state index in [1.807, 2.05) is 73.6 Å². The van der Waals surface area contributed by atoms with E-state index in [4.69, 9.17) is 0 Å². The Labute approximate surface area is 180 Å². The number of anilines is 1. The lowest BCUT2D eigenvalue weighted by Crippen LogP contribution is -2.28. The zero-order chi connectivity index (χ0) is 21.5. The third kappa shape index (κ3) is 5.76. The molecule has 1 amide bonds. The van der Waals surface area contributed by atoms with Crippen LogP contribution in [0.3, 0.4) is 0 Å². The molecule has 0 bridgehead atoms. The van der Waals surface area contributed by atoms with E-state index in [1.54, 1.807) is 16.5 Å². The molecule has 8 heteroatoms. The molecule has 3 aromatic rings. The summed E-state index contributed by atoms with van der Waals surface area (Å²) in [6.07, 6.45) is 0.727. The van der Waals surface area contributed by atoms with Gasteiger partial charge in [0.15, 0.2) is 5.16 Å². The van der Waals surface area contributed by atoms with Gasteiger partial charge in [0.2, 0.25) is 5.91 Å². The number of thioether (sulfide) groups is 1. The topological polar surface area (TPSA) is 74.2 Å². The van der Waals surface area contributed by atoms with Gasteiger partial charge in [0.1, 0.15) is 0 Å². The number of amides is 1. The number of aromatic nitrogens is 3. The predicted octanol–water partition coefficient (Wildman–Crippen LogP) is 2.63. The fourth-order valence-corrected chi connectivity index (χ4v) is 3.91. The quantitative estimate of drug-likeness (QED) is 0.534. The van der Waals surface area contributed by atoms with E-state index in [-0.39, 0.29) is 17.3 Å². The van der Waals surface area contributed by atoms with E-state index in [1.165, 1.54) is 11.8 Å². The molecule has 0 aliphatic heterocycles. The number of nitrogens with one attached hydrogen (secondary N) is 1. The lowest BCUT2D eigenvalue weighted by molar-refractivity contribution is -0.127. The number of nitrogens with zero attached hydrogens (tertiary/aromatic N) is 4. The first kappa shape index (κ1) is 21.7. The Morgan fingerprint density at radius 1 is 1.03 bits per heavy atom. The van der Waals surface area contributed by atoms with Crippen LogP contribution in [0.15, 0.2) is 64.5 Å². The van der Waals surface area contributed by atoms with E-state index in [2.05, 4.69) is 10.2 Å². The minimum atomic E-state index is -0.254. The van der Waals surface area contributed by atoms with Crippen molar-refractivity contribution in [3.63, 3.8) is 0 Å². The summed E-state index contributed by atoms with van der Waals surface area (Å²) in [5, 5.41) is 7.11. The molecule has 0 saturated carbocycles. The van der Waals surface area contributed by atoms with Crippen LogP contribution in [0.1, 0.15) is 11.1 Å². The molecule has 30 heavy (non-hydrogen) atoms. The molecule has 0 spiro atoms. The van der Waals surface area contributed by atoms with Crippen molar-refractivity contribution in [3.05, 3.63) is 76.2 Å². The Morgan fingerprint density at radius 3 is 2.40 bits per heavy atom. The van der Waals surface area contributed by atoms with Crippen molar-refractivity contribution < 1.29 is 4.79 Å². The van der Waals surface area contributed by atoms with Crippen molar-refractivity contribution in [2.24, 2.45) is 0 Å². The average Bonchev–Trinajstić information content (AvgIpc) is 3.11. The standard InChI is InChI=1S/C22H27N5O2S/c1-25(2)19-11-9-18(10-12-19)15-26(3)20(28)16-30-22-24-23-21(29)27(22)14-13-17-7-5-4-6-8-17/h4-12H,13-16H2,1-3H3,(H,23,29). The molecule has 0 aliphatic carbocycles. The highest BCUT2D eigenvalue weighted by atomic mass is 32.2. The van der Waals surface area contributed by atoms with Crippen LogP contribution in [0.25, 0.3) is 0 Å². The van der Waals surface area contributed by atoms with E-state index >= 15 is 0 Å². The van der Waals surface area contributed by atoms with Gasteiger partial charge in [-0.05, 0) is 29.7 Å². The number of aryl methyl sites for hydroxylation is 1. The Kier molecular flexibility index (Phi) is 7.35. The Bertz CT molecular complexity index is 1010. The maximum atomic E-state index is 12.6. The maximum Gasteiger partial charge on any atom is 0.343 e. The van der Waals surface area contributed by atoms with Gasteiger partial charge in [-0.25, -0.2) is 9.89 Å². The van der Waals surface area contributed by atoms with Crippen molar-refractivity contribution in [1.29, 1.82) is 0 Å². The highest BCUT2D eigenvalue weighted by Crippen LogP contribution is 2.17. The third-order valence-corrected chi connectivity index (χ3v) is 5.77. The Morgan fingerprint density at radius 2 is 1.73 bits per heavy atom. The molecule has 2 aromatic carbocycles. The first-order valence-corrected chi connectivity index (χ1v) is 10.7. The number of hydrogen-bond acceptors (Lipinski definition) is 5. The Balaban J connectivity index is 1.54. The lowest BCUT2D eigenvalue weighted by atomic mass is 10.1. The fraction of sp³-hybridized carbons (Fsp3) is 0.318. The van der Waals surface area contributed by atoms with Crippen LogP contribution in [0, 0.1) is 0 Å². The molecule has 0 unspecified atom stereocenters. The van der Waals surface area contributed by atoms with Crippen molar-refractivity contribution in [2.75, 3.05) is 31.8 Å². The van der Waals surface area contributed by atoms with Gasteiger partial charge in [0.25, 0.3) is 0 Å². The molecular formula is C22H27N5O2S. The van der Waals surface area contributed by atoms with E-state index in [0.29, 0.717) is 18.2 Å². The molecule has 3 rings (SSSR count). The maximum absolute atomic E-state index is 12.6. The normalized spacial score (nSPS) is 10.8. The largest absolute Gasteiger partial charge is 0.378 e. The number of benzene rings is 2. The minimum absolute atomic E-state index is 0.0123. The summed E-state index contributed by atoms with van der Waals surface area (Å²) in [4.78, 5) is 28.4. The molecule has 0 fully saturated rings. The van der Waals surface area contributed by atoms with Crippen LogP contribution in [0.5, 0.6) is 0 Å². The average molecular weight is 426 g/mol. The van der Waals surface area contributed by atoms with Gasteiger partial charge in [0.05, 0.1) is 5.75 Å². The molecule has 0 aliphatic rings. The van der Waals surface area contributed by atoms with Gasteiger partial charge in [-0.2, -0.15) is 0 Å². The lowest BCUT2D eigenvalue weighted by Gasteiger charge is -2.18. The molecule has 158 valence electrons. The van der Waals surface area contributed by atoms with Crippen molar-refractivity contribution in [3.8, 4) is 0 Å². The molecule has 7 nitrogen and oxygen atoms in total. The molecule has 0 radical (unpaired) electrons. The minimum Gasteiger partial charge on any atom is -0.378 e. The van der Waals surface area contributed by atoms with Crippen LogP contribution >= 0.6 is 11.8 Å². The number of aromatic amines is 1. The molecule has 1 heterocycles. The van der Waals surface area contributed by atoms with Crippen LogP contribution in [-0.4, -0.2) is 52.5 Å². The first-order valence-electron chi connectivity index (χ1n) is 9.76. The summed E-state index contributed by atoms with van der Waals surface area (Å²) in [5.41, 5.74) is 3.09. The smallest absolute Gasteiger partial charge is 0.343 e. The third-order valence-electron chi connectivity index (χ3n) is 4.81. The van der Waals surface area contributed by atoms with Gasteiger partial charge in [-0.15, -0.1) is 5.10 Å². The van der Waals surface area contributed by atoms with E-state index in [0.717, 1.165) is 23.2 Å². The second kappa shape index (κ2) is 10.2. The van der Waals surface area contributed by atoms with Gasteiger partial charge in [-0.3, -0.25) is 9.36 Å². The molecular weight excluding hydrogens is 398 g/mol. The molecule has 0 saturated heterocycles. The second-order valence-corrected chi connectivity index (χ2v) is 8.24. The fourth-order valence-electron chi connectivity index (χ4n) is 2.99. The molecule has 0 atom stereocenters. The van der Waals surface area contributed by atoms with E-state index < -0.39 is 0 Å². The van der Waals surface area contributed by atoms with Crippen LogP contribution in [0.4, 0.5) is 5.69 Å². The van der Waals surface area contributed by atoms with Gasteiger partial charge in [-0.1, -0.05) is 54.2 Å². The first-order chi connectivity index (χ1) is 14.4. The summed E-state index contributed by atoms with van der Waals surface area (Å²) in [5.74, 6) is 0.212. The molecule has 1 N–H and O–H groups in total. The van der Waals surface area contributed by atoms with Crippen molar-refractivity contribution in [1.82, 2.24) is 19.7 Å². The number of rotatable bonds is 9. The predicted molar refractivity (Wildman–Crippen MR) is 121 cm³/mol. The summed E-state index contributed by atoms with van der Waals surface area (Å²) in [6.45, 7) is 1.05. The van der Waals surface area contributed by atoms with Gasteiger partial charge in [0, 0.05) is 39.9 Å². The van der Waals surface area contributed by atoms with Crippen molar-refractivity contribution in [2.45, 2.75) is 24.7 Å². The highest BCUT2D eigenvalue weighted by Gasteiger charge is 2.14. The molecule has 1 aromatic heterocycles. The zero-order valence-electron chi connectivity index (χ0n) is 17.5. The van der Waals surface area contributed by atoms with E-state index in [9.17, 15) is 9.59 Å². The number of hydrogen-bond donors (Lipinski definition) is 1. The van der Waals surface area contributed by atoms with Crippen LogP contribution in [0.2, 0.25) is 0 Å². The van der Waals surface area contributed by atoms with Crippen LogP contribution in [-0.2, 0) is 24.3 Å². The number of carbonyl (C=O) groups excluding carboxylic acids is 1. The van der Waals surface area contributed by atoms with Gasteiger partial charge >= 0.3 is 5.69 Å². The van der Waals surface area contributed by atoms with Crippen LogP contribution < -0.4 is 10.6 Å². The monoisotopic (exact) mass is 425 g/mol. The summed E-state index contributed by atoms with van der Waals surface area (Å²) >= 11 is 1.28. The number of carbonyl (C=O) groups is 1. The summed E-state index contributed by atoms with van der Waals surface area (Å²) < 4.78 is 1.59. The zero-order valence-corrected chi connectivity index (χ0v) is 18.4. The summed E-state index contributed by atoms with van der Waals surface area (Å²) in [7, 11) is 5.78. The Hall–Kier alpha value is -3.00.